The predicted molar refractivity (Wildman–Crippen MR) is 104 cm³/mol. The molecule has 134 valence electrons. The van der Waals surface area contributed by atoms with Gasteiger partial charge in [-0.25, -0.2) is 0 Å². The highest BCUT2D eigenvalue weighted by Crippen LogP contribution is 2.19. The first-order valence-electron chi connectivity index (χ1n) is 8.36. The van der Waals surface area contributed by atoms with Gasteiger partial charge < -0.3 is 11.1 Å². The van der Waals surface area contributed by atoms with Crippen molar-refractivity contribution in [1.82, 2.24) is 5.32 Å². The van der Waals surface area contributed by atoms with Gasteiger partial charge in [0.05, 0.1) is 0 Å². The van der Waals surface area contributed by atoms with Crippen molar-refractivity contribution in [2.45, 2.75) is 25.7 Å². The lowest BCUT2D eigenvalue weighted by molar-refractivity contribution is -0.121. The molecule has 25 heavy (non-hydrogen) atoms. The molecule has 0 radical (unpaired) electrons. The molecule has 0 spiro atoms. The third-order valence-corrected chi connectivity index (χ3v) is 3.85. The molecule has 0 atom stereocenters. The molecule has 0 aliphatic rings. The molecule has 0 heterocycles. The third kappa shape index (κ3) is 7.08. The lowest BCUT2D eigenvalue weighted by Crippen LogP contribution is -2.25. The molecule has 4 nitrogen and oxygen atoms in total. The zero-order valence-electron chi connectivity index (χ0n) is 14.2. The molecule has 1 amide bonds. The fourth-order valence-electron chi connectivity index (χ4n) is 2.44. The second kappa shape index (κ2) is 11.4. The molecular formula is C20H25ClN2O2. The normalized spacial score (nSPS) is 9.96. The summed E-state index contributed by atoms with van der Waals surface area (Å²) in [4.78, 5) is 23.9. The van der Waals surface area contributed by atoms with Gasteiger partial charge >= 0.3 is 0 Å². The van der Waals surface area contributed by atoms with Crippen molar-refractivity contribution in [3.05, 3.63) is 60.2 Å². The van der Waals surface area contributed by atoms with Gasteiger partial charge in [0.1, 0.15) is 0 Å². The molecular weight excluding hydrogens is 336 g/mol. The Morgan fingerprint density at radius 2 is 1.48 bits per heavy atom. The molecule has 0 fully saturated rings. The van der Waals surface area contributed by atoms with Crippen LogP contribution >= 0.6 is 12.4 Å². The van der Waals surface area contributed by atoms with Crippen LogP contribution in [0.1, 0.15) is 36.0 Å². The van der Waals surface area contributed by atoms with E-state index in [0.717, 1.165) is 24.0 Å². The van der Waals surface area contributed by atoms with Crippen LogP contribution < -0.4 is 11.1 Å². The summed E-state index contributed by atoms with van der Waals surface area (Å²) in [5.74, 6) is -0.0898. The summed E-state index contributed by atoms with van der Waals surface area (Å²) in [5, 5.41) is 2.81. The van der Waals surface area contributed by atoms with Crippen LogP contribution in [-0.4, -0.2) is 24.8 Å². The van der Waals surface area contributed by atoms with Gasteiger partial charge in [-0.05, 0) is 30.5 Å². The zero-order chi connectivity index (χ0) is 17.2. The fourth-order valence-corrected chi connectivity index (χ4v) is 2.44. The van der Waals surface area contributed by atoms with E-state index >= 15 is 0 Å². The molecule has 0 aliphatic heterocycles. The number of carbonyl (C=O) groups excluding carboxylic acids is 2. The van der Waals surface area contributed by atoms with E-state index in [0.29, 0.717) is 18.7 Å². The Labute approximate surface area is 155 Å². The van der Waals surface area contributed by atoms with Gasteiger partial charge in [0.15, 0.2) is 5.78 Å². The van der Waals surface area contributed by atoms with Gasteiger partial charge in [-0.15, -0.1) is 12.4 Å². The summed E-state index contributed by atoms with van der Waals surface area (Å²) in [6.45, 7) is 1.25. The van der Waals surface area contributed by atoms with Crippen LogP contribution in [0.25, 0.3) is 11.1 Å². The second-order valence-corrected chi connectivity index (χ2v) is 5.71. The molecule has 2 rings (SSSR count). The standard InChI is InChI=1S/C20H24N2O2.ClH/c21-14-4-5-15-22-20(24)13-12-19(23)18-10-8-17(9-11-18)16-6-2-1-3-7-16;/h1-3,6-11H,4-5,12-15,21H2,(H,22,24);1H. The monoisotopic (exact) mass is 360 g/mol. The van der Waals surface area contributed by atoms with E-state index in [1.165, 1.54) is 0 Å². The van der Waals surface area contributed by atoms with E-state index < -0.39 is 0 Å². The number of nitrogens with two attached hydrogens (primary N) is 1. The van der Waals surface area contributed by atoms with E-state index in [2.05, 4.69) is 5.32 Å². The summed E-state index contributed by atoms with van der Waals surface area (Å²) in [5.41, 5.74) is 8.24. The molecule has 0 aliphatic carbocycles. The lowest BCUT2D eigenvalue weighted by Gasteiger charge is -2.06. The number of nitrogens with one attached hydrogen (secondary N) is 1. The summed E-state index contributed by atoms with van der Waals surface area (Å²) >= 11 is 0. The fraction of sp³-hybridized carbons (Fsp3) is 0.300. The van der Waals surface area contributed by atoms with E-state index in [1.807, 2.05) is 54.6 Å². The third-order valence-electron chi connectivity index (χ3n) is 3.85. The molecule has 0 bridgehead atoms. The number of unbranched alkanes of at least 4 members (excludes halogenated alkanes) is 1. The van der Waals surface area contributed by atoms with Gasteiger partial charge in [-0.1, -0.05) is 54.6 Å². The van der Waals surface area contributed by atoms with Gasteiger partial charge in [-0.3, -0.25) is 9.59 Å². The largest absolute Gasteiger partial charge is 0.356 e. The summed E-state index contributed by atoms with van der Waals surface area (Å²) in [6, 6.07) is 17.5. The van der Waals surface area contributed by atoms with Crippen molar-refractivity contribution in [2.75, 3.05) is 13.1 Å². The Balaban J connectivity index is 0.00000312. The SMILES string of the molecule is Cl.NCCCCNC(=O)CCC(=O)c1ccc(-c2ccccc2)cc1. The average Bonchev–Trinajstić information content (AvgIpc) is 2.64. The first kappa shape index (κ1) is 20.9. The molecule has 3 N–H and O–H groups in total. The van der Waals surface area contributed by atoms with E-state index in [-0.39, 0.29) is 36.9 Å². The first-order valence-corrected chi connectivity index (χ1v) is 8.36. The van der Waals surface area contributed by atoms with Gasteiger partial charge in [0, 0.05) is 24.9 Å². The Bertz CT molecular complexity index is 657. The number of halogens is 1. The lowest BCUT2D eigenvalue weighted by atomic mass is 10.0. The van der Waals surface area contributed by atoms with Crippen molar-refractivity contribution < 1.29 is 9.59 Å². The van der Waals surface area contributed by atoms with Crippen LogP contribution in [-0.2, 0) is 4.79 Å². The maximum Gasteiger partial charge on any atom is 0.220 e. The first-order chi connectivity index (χ1) is 11.7. The molecule has 5 heteroatoms. The van der Waals surface area contributed by atoms with Crippen LogP contribution in [0.3, 0.4) is 0 Å². The molecule has 2 aromatic carbocycles. The van der Waals surface area contributed by atoms with Gasteiger partial charge in [0.25, 0.3) is 0 Å². The van der Waals surface area contributed by atoms with Crippen LogP contribution in [0.5, 0.6) is 0 Å². The minimum atomic E-state index is -0.0822. The van der Waals surface area contributed by atoms with Crippen molar-refractivity contribution in [1.29, 1.82) is 0 Å². The maximum absolute atomic E-state index is 12.2. The molecule has 0 aromatic heterocycles. The van der Waals surface area contributed by atoms with Gasteiger partial charge in [0.2, 0.25) is 5.91 Å². The number of benzene rings is 2. The van der Waals surface area contributed by atoms with Crippen LogP contribution in [0.2, 0.25) is 0 Å². The Morgan fingerprint density at radius 3 is 2.12 bits per heavy atom. The summed E-state index contributed by atoms with van der Waals surface area (Å²) in [6.07, 6.45) is 2.22. The number of hydrogen-bond acceptors (Lipinski definition) is 3. The van der Waals surface area contributed by atoms with Crippen molar-refractivity contribution >= 4 is 24.1 Å². The van der Waals surface area contributed by atoms with E-state index in [9.17, 15) is 9.59 Å². The molecule has 0 unspecified atom stereocenters. The highest BCUT2D eigenvalue weighted by molar-refractivity contribution is 5.98. The maximum atomic E-state index is 12.2. The number of Topliss-reactive ketones (excluding diaryl/α,β-unsaturated/α-hetero) is 1. The molecule has 0 saturated carbocycles. The van der Waals surface area contributed by atoms with Crippen molar-refractivity contribution in [3.63, 3.8) is 0 Å². The molecule has 2 aromatic rings. The quantitative estimate of drug-likeness (QED) is 0.530. The van der Waals surface area contributed by atoms with Gasteiger partial charge in [-0.2, -0.15) is 0 Å². The van der Waals surface area contributed by atoms with Crippen molar-refractivity contribution in [3.8, 4) is 11.1 Å². The smallest absolute Gasteiger partial charge is 0.220 e. The Kier molecular flexibility index (Phi) is 9.51. The Hall–Kier alpha value is -2.17. The number of hydrogen-bond donors (Lipinski definition) is 2. The topological polar surface area (TPSA) is 72.2 Å². The highest BCUT2D eigenvalue weighted by Gasteiger charge is 2.09. The number of carbonyl (C=O) groups is 2. The van der Waals surface area contributed by atoms with Crippen LogP contribution in [0.4, 0.5) is 0 Å². The summed E-state index contributed by atoms with van der Waals surface area (Å²) < 4.78 is 0. The Morgan fingerprint density at radius 1 is 0.840 bits per heavy atom. The predicted octanol–water partition coefficient (Wildman–Crippen LogP) is 3.59. The second-order valence-electron chi connectivity index (χ2n) is 5.71. The average molecular weight is 361 g/mol. The molecule has 0 saturated heterocycles. The van der Waals surface area contributed by atoms with E-state index in [4.69, 9.17) is 5.73 Å². The van der Waals surface area contributed by atoms with Crippen LogP contribution in [0, 0.1) is 0 Å². The van der Waals surface area contributed by atoms with Crippen molar-refractivity contribution in [2.24, 2.45) is 5.73 Å². The number of rotatable bonds is 9. The number of ketones is 1. The van der Waals surface area contributed by atoms with E-state index in [1.54, 1.807) is 0 Å². The minimum absolute atomic E-state index is 0. The number of amides is 1. The van der Waals surface area contributed by atoms with Crippen LogP contribution in [0.15, 0.2) is 54.6 Å². The highest BCUT2D eigenvalue weighted by atomic mass is 35.5. The minimum Gasteiger partial charge on any atom is -0.356 e. The summed E-state index contributed by atoms with van der Waals surface area (Å²) in [7, 11) is 0. The zero-order valence-corrected chi connectivity index (χ0v) is 15.1.